The Morgan fingerprint density at radius 3 is 2.59 bits per heavy atom. The second kappa shape index (κ2) is 9.66. The maximum absolute atomic E-state index is 12.3. The standard InChI is InChI=1S/C25H25NO3/c1-4-13-29-23-11-7-19(16-24(23)28-3)8-12-25(27)26-17-20-6-10-21-9-5-18(2)14-22(21)15-20/h1,5-7,9-11,14-16H,8,12-13,17H2,2-3H3,(H,26,27). The summed E-state index contributed by atoms with van der Waals surface area (Å²) in [4.78, 5) is 12.3. The minimum Gasteiger partial charge on any atom is -0.493 e. The molecule has 3 aromatic carbocycles. The van der Waals surface area contributed by atoms with Gasteiger partial charge in [0, 0.05) is 13.0 Å². The van der Waals surface area contributed by atoms with Crippen LogP contribution in [0.4, 0.5) is 0 Å². The van der Waals surface area contributed by atoms with E-state index in [0.717, 1.165) is 11.1 Å². The Morgan fingerprint density at radius 1 is 1.00 bits per heavy atom. The van der Waals surface area contributed by atoms with E-state index in [1.54, 1.807) is 7.11 Å². The van der Waals surface area contributed by atoms with Crippen LogP contribution in [0.15, 0.2) is 54.6 Å². The zero-order valence-electron chi connectivity index (χ0n) is 16.8. The maximum Gasteiger partial charge on any atom is 0.220 e. The number of carbonyl (C=O) groups excluding carboxylic acids is 1. The van der Waals surface area contributed by atoms with Crippen molar-refractivity contribution in [1.29, 1.82) is 0 Å². The van der Waals surface area contributed by atoms with Crippen LogP contribution in [-0.2, 0) is 17.8 Å². The number of hydrogen-bond acceptors (Lipinski definition) is 3. The van der Waals surface area contributed by atoms with Crippen molar-refractivity contribution in [3.8, 4) is 23.8 Å². The van der Waals surface area contributed by atoms with Crippen molar-refractivity contribution in [2.24, 2.45) is 0 Å². The zero-order valence-corrected chi connectivity index (χ0v) is 16.8. The third-order valence-electron chi connectivity index (χ3n) is 4.73. The lowest BCUT2D eigenvalue weighted by Crippen LogP contribution is -2.23. The number of benzene rings is 3. The van der Waals surface area contributed by atoms with Crippen molar-refractivity contribution in [2.75, 3.05) is 13.7 Å². The largest absolute Gasteiger partial charge is 0.493 e. The fourth-order valence-electron chi connectivity index (χ4n) is 3.18. The van der Waals surface area contributed by atoms with Gasteiger partial charge in [-0.15, -0.1) is 6.42 Å². The molecule has 1 N–H and O–H groups in total. The average Bonchev–Trinajstić information content (AvgIpc) is 2.74. The van der Waals surface area contributed by atoms with Gasteiger partial charge in [-0.1, -0.05) is 47.9 Å². The second-order valence-electron chi connectivity index (χ2n) is 6.94. The van der Waals surface area contributed by atoms with Gasteiger partial charge in [0.05, 0.1) is 7.11 Å². The van der Waals surface area contributed by atoms with Crippen molar-refractivity contribution in [3.05, 3.63) is 71.3 Å². The molecule has 1 amide bonds. The Labute approximate surface area is 171 Å². The van der Waals surface area contributed by atoms with E-state index < -0.39 is 0 Å². The van der Waals surface area contributed by atoms with Crippen LogP contribution < -0.4 is 14.8 Å². The van der Waals surface area contributed by atoms with E-state index in [9.17, 15) is 4.79 Å². The van der Waals surface area contributed by atoms with Crippen molar-refractivity contribution < 1.29 is 14.3 Å². The molecule has 29 heavy (non-hydrogen) atoms. The number of amides is 1. The smallest absolute Gasteiger partial charge is 0.220 e. The summed E-state index contributed by atoms with van der Waals surface area (Å²) in [6.07, 6.45) is 6.25. The molecule has 4 nitrogen and oxygen atoms in total. The Bertz CT molecular complexity index is 1050. The molecule has 0 aliphatic rings. The Morgan fingerprint density at radius 2 is 1.79 bits per heavy atom. The number of hydrogen-bond donors (Lipinski definition) is 1. The van der Waals surface area contributed by atoms with Gasteiger partial charge < -0.3 is 14.8 Å². The van der Waals surface area contributed by atoms with E-state index in [0.29, 0.717) is 30.9 Å². The van der Waals surface area contributed by atoms with E-state index in [4.69, 9.17) is 15.9 Å². The predicted molar refractivity (Wildman–Crippen MR) is 116 cm³/mol. The lowest BCUT2D eigenvalue weighted by Gasteiger charge is -2.11. The molecule has 3 rings (SSSR count). The maximum atomic E-state index is 12.3. The van der Waals surface area contributed by atoms with Gasteiger partial charge in [-0.25, -0.2) is 0 Å². The summed E-state index contributed by atoms with van der Waals surface area (Å²) in [6.45, 7) is 2.79. The predicted octanol–water partition coefficient (Wildman–Crippen LogP) is 4.42. The lowest BCUT2D eigenvalue weighted by atomic mass is 10.0. The zero-order chi connectivity index (χ0) is 20.6. The minimum atomic E-state index is 0.0148. The first-order valence-corrected chi connectivity index (χ1v) is 9.58. The molecule has 0 saturated heterocycles. The number of methoxy groups -OCH3 is 1. The summed E-state index contributed by atoms with van der Waals surface area (Å²) < 4.78 is 10.8. The van der Waals surface area contributed by atoms with Gasteiger partial charge in [0.2, 0.25) is 5.91 Å². The molecule has 0 aromatic heterocycles. The van der Waals surface area contributed by atoms with Crippen LogP contribution in [0, 0.1) is 19.3 Å². The van der Waals surface area contributed by atoms with Crippen LogP contribution in [0.25, 0.3) is 10.8 Å². The highest BCUT2D eigenvalue weighted by Crippen LogP contribution is 2.28. The molecule has 0 unspecified atom stereocenters. The Kier molecular flexibility index (Phi) is 6.76. The normalized spacial score (nSPS) is 10.4. The van der Waals surface area contributed by atoms with Crippen LogP contribution >= 0.6 is 0 Å². The van der Waals surface area contributed by atoms with Crippen LogP contribution in [-0.4, -0.2) is 19.6 Å². The number of fused-ring (bicyclic) bond motifs is 1. The molecule has 0 spiro atoms. The first-order chi connectivity index (χ1) is 14.1. The number of carbonyl (C=O) groups is 1. The van der Waals surface area contributed by atoms with E-state index in [2.05, 4.69) is 54.6 Å². The first-order valence-electron chi connectivity index (χ1n) is 9.58. The van der Waals surface area contributed by atoms with E-state index in [1.807, 2.05) is 18.2 Å². The van der Waals surface area contributed by atoms with Crippen LogP contribution in [0.3, 0.4) is 0 Å². The van der Waals surface area contributed by atoms with Crippen LogP contribution in [0.2, 0.25) is 0 Å². The van der Waals surface area contributed by atoms with Gasteiger partial charge in [-0.3, -0.25) is 4.79 Å². The van der Waals surface area contributed by atoms with Crippen molar-refractivity contribution in [3.63, 3.8) is 0 Å². The molecule has 0 radical (unpaired) electrons. The molecule has 0 atom stereocenters. The summed E-state index contributed by atoms with van der Waals surface area (Å²) in [7, 11) is 1.58. The summed E-state index contributed by atoms with van der Waals surface area (Å²) in [5.74, 6) is 3.66. The van der Waals surface area contributed by atoms with Crippen molar-refractivity contribution in [1.82, 2.24) is 5.32 Å². The fourth-order valence-corrected chi connectivity index (χ4v) is 3.18. The monoisotopic (exact) mass is 387 g/mol. The summed E-state index contributed by atoms with van der Waals surface area (Å²) in [5, 5.41) is 5.39. The molecule has 148 valence electrons. The number of nitrogens with one attached hydrogen (secondary N) is 1. The van der Waals surface area contributed by atoms with E-state index in [-0.39, 0.29) is 12.5 Å². The van der Waals surface area contributed by atoms with Crippen LogP contribution in [0.5, 0.6) is 11.5 Å². The van der Waals surface area contributed by atoms with Gasteiger partial charge in [-0.05, 0) is 53.4 Å². The second-order valence-corrected chi connectivity index (χ2v) is 6.94. The molecule has 3 aromatic rings. The molecular weight excluding hydrogens is 362 g/mol. The Balaban J connectivity index is 1.54. The van der Waals surface area contributed by atoms with Crippen molar-refractivity contribution >= 4 is 16.7 Å². The minimum absolute atomic E-state index is 0.0148. The van der Waals surface area contributed by atoms with Gasteiger partial charge in [0.1, 0.15) is 6.61 Å². The topological polar surface area (TPSA) is 47.6 Å². The van der Waals surface area contributed by atoms with Crippen molar-refractivity contribution in [2.45, 2.75) is 26.3 Å². The fraction of sp³-hybridized carbons (Fsp3) is 0.240. The third-order valence-corrected chi connectivity index (χ3v) is 4.73. The SMILES string of the molecule is C#CCOc1ccc(CCC(=O)NCc2ccc3ccc(C)cc3c2)cc1OC. The summed E-state index contributed by atoms with van der Waals surface area (Å²) in [6, 6.07) is 18.3. The average molecular weight is 387 g/mol. The summed E-state index contributed by atoms with van der Waals surface area (Å²) >= 11 is 0. The van der Waals surface area contributed by atoms with Crippen LogP contribution in [0.1, 0.15) is 23.1 Å². The lowest BCUT2D eigenvalue weighted by molar-refractivity contribution is -0.121. The van der Waals surface area contributed by atoms with Gasteiger partial charge >= 0.3 is 0 Å². The number of ether oxygens (including phenoxy) is 2. The highest BCUT2D eigenvalue weighted by atomic mass is 16.5. The molecule has 4 heteroatoms. The Hall–Kier alpha value is -3.45. The van der Waals surface area contributed by atoms with E-state index in [1.165, 1.54) is 16.3 Å². The molecule has 0 bridgehead atoms. The summed E-state index contributed by atoms with van der Waals surface area (Å²) in [5.41, 5.74) is 3.32. The highest BCUT2D eigenvalue weighted by Gasteiger charge is 2.08. The van der Waals surface area contributed by atoms with E-state index >= 15 is 0 Å². The van der Waals surface area contributed by atoms with Gasteiger partial charge in [0.15, 0.2) is 11.5 Å². The number of terminal acetylenes is 1. The molecule has 0 heterocycles. The number of aryl methyl sites for hydroxylation is 2. The van der Waals surface area contributed by atoms with Gasteiger partial charge in [-0.2, -0.15) is 0 Å². The quantitative estimate of drug-likeness (QED) is 0.582. The number of rotatable bonds is 8. The first kappa shape index (κ1) is 20.3. The molecular formula is C25H25NO3. The third kappa shape index (κ3) is 5.52. The van der Waals surface area contributed by atoms with Gasteiger partial charge in [0.25, 0.3) is 0 Å². The molecule has 0 aliphatic heterocycles. The highest BCUT2D eigenvalue weighted by molar-refractivity contribution is 5.84. The molecule has 0 fully saturated rings. The molecule has 0 aliphatic carbocycles. The molecule has 0 saturated carbocycles.